The van der Waals surface area contributed by atoms with Gasteiger partial charge < -0.3 is 10.2 Å². The second kappa shape index (κ2) is 6.90. The number of anilines is 2. The van der Waals surface area contributed by atoms with Gasteiger partial charge in [-0.25, -0.2) is 0 Å². The summed E-state index contributed by atoms with van der Waals surface area (Å²) in [5.74, 6) is 0.629. The fourth-order valence-electron chi connectivity index (χ4n) is 3.52. The molecule has 0 unspecified atom stereocenters. The first-order chi connectivity index (χ1) is 13.0. The fraction of sp³-hybridized carbons (Fsp3) is 0.350. The monoisotopic (exact) mass is 364 g/mol. The number of benzene rings is 1. The summed E-state index contributed by atoms with van der Waals surface area (Å²) in [6.07, 6.45) is 2.31. The lowest BCUT2D eigenvalue weighted by molar-refractivity contribution is 0.102. The minimum atomic E-state index is -0.218. The van der Waals surface area contributed by atoms with Crippen molar-refractivity contribution in [1.82, 2.24) is 19.6 Å². The molecule has 1 aliphatic rings. The third-order valence-corrected chi connectivity index (χ3v) is 5.14. The summed E-state index contributed by atoms with van der Waals surface area (Å²) in [4.78, 5) is 15.1. The van der Waals surface area contributed by atoms with Crippen LogP contribution < -0.4 is 10.2 Å². The molecule has 7 heteroatoms. The van der Waals surface area contributed by atoms with Gasteiger partial charge in [-0.1, -0.05) is 30.3 Å². The Morgan fingerprint density at radius 3 is 2.44 bits per heavy atom. The Hall–Kier alpha value is -3.09. The molecule has 3 aromatic rings. The molecule has 0 aliphatic carbocycles. The highest BCUT2D eigenvalue weighted by Gasteiger charge is 2.24. The molecule has 7 nitrogen and oxygen atoms in total. The van der Waals surface area contributed by atoms with Gasteiger partial charge in [-0.05, 0) is 31.4 Å². The number of hydrogen-bond donors (Lipinski definition) is 1. The Morgan fingerprint density at radius 1 is 1.04 bits per heavy atom. The van der Waals surface area contributed by atoms with Gasteiger partial charge in [0.1, 0.15) is 5.69 Å². The molecule has 0 saturated carbocycles. The largest absolute Gasteiger partial charge is 0.353 e. The lowest BCUT2D eigenvalue weighted by Crippen LogP contribution is -2.21. The minimum Gasteiger partial charge on any atom is -0.353 e. The first kappa shape index (κ1) is 17.3. The van der Waals surface area contributed by atoms with Crippen molar-refractivity contribution in [2.24, 2.45) is 14.1 Å². The highest BCUT2D eigenvalue weighted by Crippen LogP contribution is 2.31. The summed E-state index contributed by atoms with van der Waals surface area (Å²) in [5.41, 5.74) is 4.04. The molecule has 0 bridgehead atoms. The van der Waals surface area contributed by atoms with Crippen molar-refractivity contribution in [3.63, 3.8) is 0 Å². The van der Waals surface area contributed by atoms with Crippen LogP contribution in [-0.2, 0) is 14.1 Å². The van der Waals surface area contributed by atoms with Crippen LogP contribution in [0.15, 0.2) is 36.4 Å². The van der Waals surface area contributed by atoms with Gasteiger partial charge in [0.05, 0.1) is 11.4 Å². The molecular formula is C20H24N6O. The van der Waals surface area contributed by atoms with Crippen molar-refractivity contribution >= 4 is 17.4 Å². The molecule has 2 aromatic heterocycles. The fourth-order valence-corrected chi connectivity index (χ4v) is 3.52. The zero-order chi connectivity index (χ0) is 19.0. The average molecular weight is 364 g/mol. The average Bonchev–Trinajstić information content (AvgIpc) is 3.39. The van der Waals surface area contributed by atoms with Crippen LogP contribution in [0.3, 0.4) is 0 Å². The number of rotatable bonds is 4. The Morgan fingerprint density at radius 2 is 1.74 bits per heavy atom. The second-order valence-electron chi connectivity index (χ2n) is 6.96. The minimum absolute atomic E-state index is 0.218. The Labute approximate surface area is 158 Å². The van der Waals surface area contributed by atoms with Gasteiger partial charge >= 0.3 is 0 Å². The van der Waals surface area contributed by atoms with E-state index >= 15 is 0 Å². The number of carbonyl (C=O) groups is 1. The highest BCUT2D eigenvalue weighted by molar-refractivity contribution is 6.05. The predicted octanol–water partition coefficient (Wildman–Crippen LogP) is 2.98. The molecular weight excluding hydrogens is 340 g/mol. The van der Waals surface area contributed by atoms with Crippen LogP contribution in [0.1, 0.15) is 29.0 Å². The Kier molecular flexibility index (Phi) is 4.43. The Balaban J connectivity index is 1.62. The third-order valence-electron chi connectivity index (χ3n) is 5.14. The van der Waals surface area contributed by atoms with E-state index in [9.17, 15) is 4.79 Å². The molecule has 1 N–H and O–H groups in total. The van der Waals surface area contributed by atoms with E-state index in [2.05, 4.69) is 20.4 Å². The van der Waals surface area contributed by atoms with Crippen LogP contribution in [0.4, 0.5) is 11.5 Å². The number of aryl methyl sites for hydroxylation is 2. The zero-order valence-corrected chi connectivity index (χ0v) is 15.9. The number of nitrogens with one attached hydrogen (secondary N) is 1. The van der Waals surface area contributed by atoms with Crippen molar-refractivity contribution in [2.75, 3.05) is 23.3 Å². The molecule has 1 fully saturated rings. The molecule has 1 saturated heterocycles. The van der Waals surface area contributed by atoms with E-state index in [0.717, 1.165) is 54.4 Å². The maximum Gasteiger partial charge on any atom is 0.276 e. The lowest BCUT2D eigenvalue weighted by atomic mass is 10.1. The van der Waals surface area contributed by atoms with Gasteiger partial charge in [0.2, 0.25) is 0 Å². The zero-order valence-electron chi connectivity index (χ0n) is 15.9. The van der Waals surface area contributed by atoms with Crippen LogP contribution in [0.2, 0.25) is 0 Å². The first-order valence-electron chi connectivity index (χ1n) is 9.24. The van der Waals surface area contributed by atoms with Crippen LogP contribution >= 0.6 is 0 Å². The van der Waals surface area contributed by atoms with E-state index in [-0.39, 0.29) is 5.91 Å². The normalized spacial score (nSPS) is 14.0. The van der Waals surface area contributed by atoms with Crippen LogP contribution in [0, 0.1) is 6.92 Å². The maximum absolute atomic E-state index is 12.9. The van der Waals surface area contributed by atoms with Crippen LogP contribution in [-0.4, -0.2) is 38.6 Å². The topological polar surface area (TPSA) is 68.0 Å². The second-order valence-corrected chi connectivity index (χ2v) is 6.96. The molecule has 3 heterocycles. The van der Waals surface area contributed by atoms with Crippen molar-refractivity contribution in [1.29, 1.82) is 0 Å². The molecule has 0 radical (unpaired) electrons. The van der Waals surface area contributed by atoms with Crippen molar-refractivity contribution in [3.05, 3.63) is 47.8 Å². The first-order valence-corrected chi connectivity index (χ1v) is 9.24. The van der Waals surface area contributed by atoms with E-state index in [1.54, 1.807) is 4.68 Å². The van der Waals surface area contributed by atoms with Crippen LogP contribution in [0.25, 0.3) is 11.3 Å². The SMILES string of the molecule is Cc1c(NC(=O)c2cc(-c3ccccc3)n(C)n2)c(N2CCCC2)nn1C. The van der Waals surface area contributed by atoms with Gasteiger partial charge in [-0.15, -0.1) is 0 Å². The summed E-state index contributed by atoms with van der Waals surface area (Å²) in [5, 5.41) is 12.1. The third kappa shape index (κ3) is 3.20. The van der Waals surface area contributed by atoms with E-state index in [1.807, 2.05) is 62.1 Å². The van der Waals surface area contributed by atoms with E-state index in [0.29, 0.717) is 5.69 Å². The van der Waals surface area contributed by atoms with Gasteiger partial charge in [0.15, 0.2) is 11.5 Å². The van der Waals surface area contributed by atoms with Crippen molar-refractivity contribution in [3.8, 4) is 11.3 Å². The van der Waals surface area contributed by atoms with E-state index in [4.69, 9.17) is 0 Å². The highest BCUT2D eigenvalue weighted by atomic mass is 16.2. The molecule has 0 spiro atoms. The van der Waals surface area contributed by atoms with E-state index < -0.39 is 0 Å². The number of amides is 1. The summed E-state index contributed by atoms with van der Waals surface area (Å²) in [6.45, 7) is 3.91. The van der Waals surface area contributed by atoms with Gasteiger partial charge in [-0.3, -0.25) is 14.2 Å². The summed E-state index contributed by atoms with van der Waals surface area (Å²) in [6, 6.07) is 11.8. The molecule has 0 atom stereocenters. The quantitative estimate of drug-likeness (QED) is 0.773. The van der Waals surface area contributed by atoms with Crippen molar-refractivity contribution < 1.29 is 4.79 Å². The smallest absolute Gasteiger partial charge is 0.276 e. The number of aromatic nitrogens is 4. The van der Waals surface area contributed by atoms with Crippen molar-refractivity contribution in [2.45, 2.75) is 19.8 Å². The van der Waals surface area contributed by atoms with Gasteiger partial charge in [-0.2, -0.15) is 10.2 Å². The van der Waals surface area contributed by atoms with Crippen LogP contribution in [0.5, 0.6) is 0 Å². The molecule has 4 rings (SSSR count). The maximum atomic E-state index is 12.9. The summed E-state index contributed by atoms with van der Waals surface area (Å²) >= 11 is 0. The van der Waals surface area contributed by atoms with Gasteiger partial charge in [0, 0.05) is 27.2 Å². The molecule has 1 aliphatic heterocycles. The molecule has 1 amide bonds. The standard InChI is InChI=1S/C20H24N6O/c1-14-18(19(23-24(14)2)26-11-7-8-12-26)21-20(27)16-13-17(25(3)22-16)15-9-5-4-6-10-15/h4-6,9-10,13H,7-8,11-12H2,1-3H3,(H,21,27). The van der Waals surface area contributed by atoms with E-state index in [1.165, 1.54) is 0 Å². The Bertz CT molecular complexity index is 966. The molecule has 140 valence electrons. The summed E-state index contributed by atoms with van der Waals surface area (Å²) in [7, 11) is 3.75. The molecule has 1 aromatic carbocycles. The number of nitrogens with zero attached hydrogens (tertiary/aromatic N) is 5. The predicted molar refractivity (Wildman–Crippen MR) is 106 cm³/mol. The van der Waals surface area contributed by atoms with Gasteiger partial charge in [0.25, 0.3) is 5.91 Å². The molecule has 27 heavy (non-hydrogen) atoms. The summed E-state index contributed by atoms with van der Waals surface area (Å²) < 4.78 is 3.55. The number of hydrogen-bond acceptors (Lipinski definition) is 4. The number of carbonyl (C=O) groups excluding carboxylic acids is 1. The lowest BCUT2D eigenvalue weighted by Gasteiger charge is -2.16.